The number of halogens is 3. The first kappa shape index (κ1) is 13.5. The fourth-order valence-corrected chi connectivity index (χ4v) is 1.57. The minimum absolute atomic E-state index is 0.154. The highest BCUT2D eigenvalue weighted by Crippen LogP contribution is 2.13. The topological polar surface area (TPSA) is 44.1 Å². The third kappa shape index (κ3) is 2.90. The maximum atomic E-state index is 13.3. The first-order valence-electron chi connectivity index (χ1n) is 5.27. The van der Waals surface area contributed by atoms with Crippen LogP contribution in [0.15, 0.2) is 24.4 Å². The predicted octanol–water partition coefficient (Wildman–Crippen LogP) is 2.71. The molecular formula is C12H9ClF2N2O2. The van der Waals surface area contributed by atoms with Crippen molar-refractivity contribution >= 4 is 17.6 Å². The zero-order valence-electron chi connectivity index (χ0n) is 9.86. The van der Waals surface area contributed by atoms with Gasteiger partial charge in [-0.05, 0) is 12.1 Å². The molecule has 0 spiro atoms. The van der Waals surface area contributed by atoms with Crippen LogP contribution in [0, 0.1) is 11.6 Å². The molecule has 0 atom stereocenters. The highest BCUT2D eigenvalue weighted by Gasteiger charge is 2.15. The molecular weight excluding hydrogens is 278 g/mol. The smallest absolute Gasteiger partial charge is 0.341 e. The number of hydrogen-bond donors (Lipinski definition) is 0. The van der Waals surface area contributed by atoms with Crippen molar-refractivity contribution in [2.24, 2.45) is 7.05 Å². The molecule has 4 nitrogen and oxygen atoms in total. The first-order chi connectivity index (χ1) is 8.99. The van der Waals surface area contributed by atoms with Gasteiger partial charge in [-0.2, -0.15) is 0 Å². The summed E-state index contributed by atoms with van der Waals surface area (Å²) in [5, 5.41) is 0.388. The summed E-state index contributed by atoms with van der Waals surface area (Å²) in [4.78, 5) is 15.5. The molecule has 2 rings (SSSR count). The Kier molecular flexibility index (Phi) is 3.80. The van der Waals surface area contributed by atoms with E-state index < -0.39 is 17.6 Å². The van der Waals surface area contributed by atoms with E-state index in [4.69, 9.17) is 16.3 Å². The van der Waals surface area contributed by atoms with Crippen LogP contribution < -0.4 is 0 Å². The van der Waals surface area contributed by atoms with E-state index in [1.807, 2.05) is 0 Å². The largest absolute Gasteiger partial charge is 0.454 e. The minimum Gasteiger partial charge on any atom is -0.454 e. The van der Waals surface area contributed by atoms with E-state index in [1.54, 1.807) is 7.05 Å². The van der Waals surface area contributed by atoms with Gasteiger partial charge in [0.2, 0.25) is 0 Å². The second kappa shape index (κ2) is 5.36. The fourth-order valence-electron chi connectivity index (χ4n) is 1.42. The van der Waals surface area contributed by atoms with Gasteiger partial charge in [0, 0.05) is 13.1 Å². The molecule has 0 aliphatic carbocycles. The molecule has 1 heterocycles. The van der Waals surface area contributed by atoms with Crippen LogP contribution in [-0.4, -0.2) is 15.5 Å². The summed E-state index contributed by atoms with van der Waals surface area (Å²) in [6, 6.07) is 2.63. The Bertz CT molecular complexity index is 628. The Balaban J connectivity index is 2.07. The number of hydrogen-bond acceptors (Lipinski definition) is 3. The summed E-state index contributed by atoms with van der Waals surface area (Å²) in [7, 11) is 1.65. The zero-order valence-corrected chi connectivity index (χ0v) is 10.6. The van der Waals surface area contributed by atoms with E-state index in [0.29, 0.717) is 17.0 Å². The number of benzene rings is 1. The Morgan fingerprint density at radius 1 is 1.47 bits per heavy atom. The third-order valence-electron chi connectivity index (χ3n) is 2.51. The summed E-state index contributed by atoms with van der Waals surface area (Å²) in [6.07, 6.45) is 1.41. The molecule has 2 aromatic rings. The van der Waals surface area contributed by atoms with Gasteiger partial charge in [-0.3, -0.25) is 0 Å². The number of aromatic nitrogens is 2. The predicted molar refractivity (Wildman–Crippen MR) is 63.7 cm³/mol. The van der Waals surface area contributed by atoms with Crippen LogP contribution in [0.2, 0.25) is 5.15 Å². The molecule has 0 aliphatic heterocycles. The number of carbonyl (C=O) groups is 1. The van der Waals surface area contributed by atoms with Gasteiger partial charge in [0.05, 0.1) is 11.8 Å². The normalized spacial score (nSPS) is 10.5. The minimum atomic E-state index is -0.970. The van der Waals surface area contributed by atoms with Gasteiger partial charge in [-0.1, -0.05) is 11.6 Å². The van der Waals surface area contributed by atoms with Gasteiger partial charge in [-0.15, -0.1) is 0 Å². The van der Waals surface area contributed by atoms with Crippen molar-refractivity contribution in [2.75, 3.05) is 0 Å². The molecule has 0 N–H and O–H groups in total. The van der Waals surface area contributed by atoms with Crippen LogP contribution >= 0.6 is 11.6 Å². The number of imidazole rings is 1. The molecule has 0 saturated heterocycles. The molecule has 100 valence electrons. The molecule has 0 aliphatic rings. The van der Waals surface area contributed by atoms with Crippen molar-refractivity contribution in [2.45, 2.75) is 6.61 Å². The Hall–Kier alpha value is -1.95. The zero-order chi connectivity index (χ0) is 14.0. The van der Waals surface area contributed by atoms with Crippen molar-refractivity contribution in [1.29, 1.82) is 0 Å². The lowest BCUT2D eigenvalue weighted by atomic mass is 10.2. The van der Waals surface area contributed by atoms with Gasteiger partial charge in [0.1, 0.15) is 29.2 Å². The van der Waals surface area contributed by atoms with E-state index >= 15 is 0 Å². The van der Waals surface area contributed by atoms with Crippen molar-refractivity contribution in [1.82, 2.24) is 9.55 Å². The average Bonchev–Trinajstić information content (AvgIpc) is 2.67. The van der Waals surface area contributed by atoms with E-state index in [2.05, 4.69) is 4.98 Å². The Morgan fingerprint density at radius 3 is 2.79 bits per heavy atom. The molecule has 1 aromatic carbocycles. The molecule has 0 unspecified atom stereocenters. The molecule has 0 radical (unpaired) electrons. The second-order valence-corrected chi connectivity index (χ2v) is 4.14. The quantitative estimate of drug-likeness (QED) is 0.815. The maximum absolute atomic E-state index is 13.3. The lowest BCUT2D eigenvalue weighted by Gasteiger charge is -2.06. The number of nitrogens with zero attached hydrogens (tertiary/aromatic N) is 2. The average molecular weight is 287 g/mol. The molecule has 0 bridgehead atoms. The third-order valence-corrected chi connectivity index (χ3v) is 2.86. The molecule has 7 heteroatoms. The van der Waals surface area contributed by atoms with Gasteiger partial charge < -0.3 is 9.30 Å². The SMILES string of the molecule is Cn1c(Cl)cnc1COC(=O)c1ccc(F)cc1F. The van der Waals surface area contributed by atoms with E-state index in [-0.39, 0.29) is 12.2 Å². The Labute approximate surface area is 112 Å². The summed E-state index contributed by atoms with van der Waals surface area (Å²) < 4.78 is 32.4. The fraction of sp³-hybridized carbons (Fsp3) is 0.167. The maximum Gasteiger partial charge on any atom is 0.341 e. The first-order valence-corrected chi connectivity index (χ1v) is 5.65. The highest BCUT2D eigenvalue weighted by molar-refractivity contribution is 6.29. The van der Waals surface area contributed by atoms with E-state index in [1.165, 1.54) is 10.8 Å². The number of ether oxygens (including phenoxy) is 1. The monoisotopic (exact) mass is 286 g/mol. The molecule has 0 fully saturated rings. The van der Waals surface area contributed by atoms with Crippen molar-refractivity contribution < 1.29 is 18.3 Å². The number of carbonyl (C=O) groups excluding carboxylic acids is 1. The van der Waals surface area contributed by atoms with Crippen LogP contribution in [-0.2, 0) is 18.4 Å². The van der Waals surface area contributed by atoms with Gasteiger partial charge >= 0.3 is 5.97 Å². The van der Waals surface area contributed by atoms with Crippen LogP contribution in [0.25, 0.3) is 0 Å². The number of rotatable bonds is 3. The Morgan fingerprint density at radius 2 is 2.21 bits per heavy atom. The van der Waals surface area contributed by atoms with Crippen LogP contribution in [0.3, 0.4) is 0 Å². The molecule has 0 amide bonds. The van der Waals surface area contributed by atoms with Crippen LogP contribution in [0.1, 0.15) is 16.2 Å². The lowest BCUT2D eigenvalue weighted by molar-refractivity contribution is 0.0454. The molecule has 0 saturated carbocycles. The standard InChI is InChI=1S/C12H9ClF2N2O2/c1-17-10(13)5-16-11(17)6-19-12(18)8-3-2-7(14)4-9(8)15/h2-5H,6H2,1H3. The molecule has 19 heavy (non-hydrogen) atoms. The van der Waals surface area contributed by atoms with Gasteiger partial charge in [-0.25, -0.2) is 18.6 Å². The molecule has 1 aromatic heterocycles. The number of esters is 1. The van der Waals surface area contributed by atoms with Crippen molar-refractivity contribution in [3.8, 4) is 0 Å². The van der Waals surface area contributed by atoms with E-state index in [0.717, 1.165) is 12.1 Å². The van der Waals surface area contributed by atoms with Crippen molar-refractivity contribution in [3.63, 3.8) is 0 Å². The van der Waals surface area contributed by atoms with E-state index in [9.17, 15) is 13.6 Å². The summed E-state index contributed by atoms with van der Waals surface area (Å²) in [6.45, 7) is -0.154. The summed E-state index contributed by atoms with van der Waals surface area (Å²) >= 11 is 5.76. The van der Waals surface area contributed by atoms with Crippen molar-refractivity contribution in [3.05, 3.63) is 52.6 Å². The second-order valence-electron chi connectivity index (χ2n) is 3.76. The van der Waals surface area contributed by atoms with Gasteiger partial charge in [0.15, 0.2) is 0 Å². The van der Waals surface area contributed by atoms with Gasteiger partial charge in [0.25, 0.3) is 0 Å². The lowest BCUT2D eigenvalue weighted by Crippen LogP contribution is -2.10. The summed E-state index contributed by atoms with van der Waals surface area (Å²) in [5.74, 6) is -2.20. The highest BCUT2D eigenvalue weighted by atomic mass is 35.5. The van der Waals surface area contributed by atoms with Crippen LogP contribution in [0.5, 0.6) is 0 Å². The van der Waals surface area contributed by atoms with Crippen LogP contribution in [0.4, 0.5) is 8.78 Å². The summed E-state index contributed by atoms with van der Waals surface area (Å²) in [5.41, 5.74) is -0.332.